The van der Waals surface area contributed by atoms with Crippen LogP contribution in [0.2, 0.25) is 0 Å². The summed E-state index contributed by atoms with van der Waals surface area (Å²) < 4.78 is 13.1. The molecule has 0 bridgehead atoms. The van der Waals surface area contributed by atoms with E-state index in [9.17, 15) is 4.39 Å². The minimum absolute atomic E-state index is 0.262. The van der Waals surface area contributed by atoms with Gasteiger partial charge in [0.15, 0.2) is 0 Å². The third-order valence-corrected chi connectivity index (χ3v) is 1.65. The molecule has 0 spiro atoms. The van der Waals surface area contributed by atoms with Crippen LogP contribution in [0.5, 0.6) is 0 Å². The van der Waals surface area contributed by atoms with Crippen molar-refractivity contribution in [1.82, 2.24) is 0 Å². The first-order valence-corrected chi connectivity index (χ1v) is 4.15. The highest BCUT2D eigenvalue weighted by Crippen LogP contribution is 2.13. The second kappa shape index (κ2) is 4.62. The topological polar surface area (TPSA) is 52.0 Å². The highest BCUT2D eigenvalue weighted by Gasteiger charge is 1.97. The Kier molecular flexibility index (Phi) is 3.46. The van der Waals surface area contributed by atoms with E-state index in [-0.39, 0.29) is 5.82 Å². The maximum Gasteiger partial charge on any atom is 0.130 e. The van der Waals surface area contributed by atoms with Crippen molar-refractivity contribution < 1.29 is 4.39 Å². The van der Waals surface area contributed by atoms with Gasteiger partial charge in [0.2, 0.25) is 0 Å². The second-order valence-corrected chi connectivity index (χ2v) is 2.76. The lowest BCUT2D eigenvalue weighted by molar-refractivity contribution is 0.625. The zero-order valence-corrected chi connectivity index (χ0v) is 7.33. The Hall–Kier alpha value is -1.35. The van der Waals surface area contributed by atoms with Crippen LogP contribution in [0.3, 0.4) is 0 Å². The summed E-state index contributed by atoms with van der Waals surface area (Å²) in [5.41, 5.74) is 11.9. The van der Waals surface area contributed by atoms with Crippen molar-refractivity contribution in [2.24, 2.45) is 5.73 Å². The summed E-state index contributed by atoms with van der Waals surface area (Å²) in [4.78, 5) is 0. The van der Waals surface area contributed by atoms with Crippen molar-refractivity contribution in [1.29, 1.82) is 0 Å². The highest BCUT2D eigenvalue weighted by molar-refractivity contribution is 5.56. The molecule has 0 heterocycles. The standard InChI is InChI=1S/C10H13FN2/c11-10-5-4-9(13)7-8(10)3-1-2-6-12/h1,3-5,7H,2,6,12-13H2. The molecular formula is C10H13FN2. The number of hydrogen-bond acceptors (Lipinski definition) is 2. The fourth-order valence-electron chi connectivity index (χ4n) is 0.996. The zero-order chi connectivity index (χ0) is 9.68. The van der Waals surface area contributed by atoms with Crippen LogP contribution in [0.4, 0.5) is 10.1 Å². The predicted octanol–water partition coefficient (Wildman–Crippen LogP) is 1.77. The first kappa shape index (κ1) is 9.74. The smallest absolute Gasteiger partial charge is 0.130 e. The van der Waals surface area contributed by atoms with Gasteiger partial charge in [-0.2, -0.15) is 0 Å². The quantitative estimate of drug-likeness (QED) is 0.696. The molecule has 0 fully saturated rings. The first-order chi connectivity index (χ1) is 6.24. The maximum atomic E-state index is 13.1. The summed E-state index contributed by atoms with van der Waals surface area (Å²) in [6, 6.07) is 4.50. The molecule has 70 valence electrons. The third-order valence-electron chi connectivity index (χ3n) is 1.65. The number of anilines is 1. The Morgan fingerprint density at radius 2 is 2.15 bits per heavy atom. The van der Waals surface area contributed by atoms with Crippen LogP contribution in [-0.4, -0.2) is 6.54 Å². The summed E-state index contributed by atoms with van der Waals surface area (Å²) >= 11 is 0. The molecule has 0 radical (unpaired) electrons. The summed E-state index contributed by atoms with van der Waals surface area (Å²) in [5.74, 6) is -0.262. The van der Waals surface area contributed by atoms with Gasteiger partial charge in [-0.3, -0.25) is 0 Å². The lowest BCUT2D eigenvalue weighted by Gasteiger charge is -1.98. The summed E-state index contributed by atoms with van der Waals surface area (Å²) in [5, 5.41) is 0. The average Bonchev–Trinajstić information content (AvgIpc) is 2.11. The maximum absolute atomic E-state index is 13.1. The van der Waals surface area contributed by atoms with Crippen molar-refractivity contribution in [3.63, 3.8) is 0 Å². The number of rotatable bonds is 3. The second-order valence-electron chi connectivity index (χ2n) is 2.76. The van der Waals surface area contributed by atoms with Gasteiger partial charge in [-0.05, 0) is 31.2 Å². The molecule has 0 atom stereocenters. The van der Waals surface area contributed by atoms with Crippen molar-refractivity contribution >= 4 is 11.8 Å². The predicted molar refractivity (Wildman–Crippen MR) is 53.5 cm³/mol. The Morgan fingerprint density at radius 1 is 1.38 bits per heavy atom. The molecule has 0 aliphatic heterocycles. The highest BCUT2D eigenvalue weighted by atomic mass is 19.1. The minimum atomic E-state index is -0.262. The van der Waals surface area contributed by atoms with Crippen molar-refractivity contribution in [2.75, 3.05) is 12.3 Å². The van der Waals surface area contributed by atoms with Crippen LogP contribution in [0.1, 0.15) is 12.0 Å². The third kappa shape index (κ3) is 2.87. The molecule has 4 N–H and O–H groups in total. The molecule has 0 unspecified atom stereocenters. The van der Waals surface area contributed by atoms with Gasteiger partial charge in [0.1, 0.15) is 5.82 Å². The molecule has 1 rings (SSSR count). The lowest BCUT2D eigenvalue weighted by Crippen LogP contribution is -1.95. The Balaban J connectivity index is 2.81. The lowest BCUT2D eigenvalue weighted by atomic mass is 10.1. The number of benzene rings is 1. The fourth-order valence-corrected chi connectivity index (χ4v) is 0.996. The molecule has 0 saturated heterocycles. The Morgan fingerprint density at radius 3 is 2.85 bits per heavy atom. The fraction of sp³-hybridized carbons (Fsp3) is 0.200. The van der Waals surface area contributed by atoms with Gasteiger partial charge in [-0.1, -0.05) is 12.2 Å². The van der Waals surface area contributed by atoms with E-state index in [0.29, 0.717) is 17.8 Å². The average molecular weight is 180 g/mol. The Bertz CT molecular complexity index is 308. The minimum Gasteiger partial charge on any atom is -0.399 e. The van der Waals surface area contributed by atoms with Crippen LogP contribution in [0.15, 0.2) is 24.3 Å². The summed E-state index contributed by atoms with van der Waals surface area (Å²) in [6.07, 6.45) is 4.27. The van der Waals surface area contributed by atoms with E-state index >= 15 is 0 Å². The van der Waals surface area contributed by atoms with Crippen LogP contribution < -0.4 is 11.5 Å². The van der Waals surface area contributed by atoms with Gasteiger partial charge < -0.3 is 11.5 Å². The van der Waals surface area contributed by atoms with Crippen molar-refractivity contribution in [2.45, 2.75) is 6.42 Å². The Labute approximate surface area is 77.0 Å². The van der Waals surface area contributed by atoms with Gasteiger partial charge >= 0.3 is 0 Å². The van der Waals surface area contributed by atoms with E-state index in [0.717, 1.165) is 6.42 Å². The van der Waals surface area contributed by atoms with E-state index in [1.54, 1.807) is 12.1 Å². The van der Waals surface area contributed by atoms with Crippen LogP contribution >= 0.6 is 0 Å². The number of halogens is 1. The van der Waals surface area contributed by atoms with Gasteiger partial charge in [-0.15, -0.1) is 0 Å². The van der Waals surface area contributed by atoms with E-state index in [1.807, 2.05) is 6.08 Å². The van der Waals surface area contributed by atoms with Crippen LogP contribution in [0.25, 0.3) is 6.08 Å². The molecule has 3 heteroatoms. The molecular weight excluding hydrogens is 167 g/mol. The molecule has 0 aromatic heterocycles. The van der Waals surface area contributed by atoms with Gasteiger partial charge in [0, 0.05) is 11.3 Å². The van der Waals surface area contributed by atoms with Gasteiger partial charge in [0.25, 0.3) is 0 Å². The van der Waals surface area contributed by atoms with E-state index in [1.165, 1.54) is 12.1 Å². The van der Waals surface area contributed by atoms with Crippen molar-refractivity contribution in [3.8, 4) is 0 Å². The molecule has 2 nitrogen and oxygen atoms in total. The molecule has 0 amide bonds. The van der Waals surface area contributed by atoms with Crippen LogP contribution in [0, 0.1) is 5.82 Å². The summed E-state index contributed by atoms with van der Waals surface area (Å²) in [7, 11) is 0. The van der Waals surface area contributed by atoms with E-state index in [2.05, 4.69) is 0 Å². The van der Waals surface area contributed by atoms with Gasteiger partial charge in [0.05, 0.1) is 0 Å². The molecule has 1 aromatic carbocycles. The largest absolute Gasteiger partial charge is 0.399 e. The van der Waals surface area contributed by atoms with E-state index < -0.39 is 0 Å². The monoisotopic (exact) mass is 180 g/mol. The van der Waals surface area contributed by atoms with E-state index in [4.69, 9.17) is 11.5 Å². The first-order valence-electron chi connectivity index (χ1n) is 4.15. The molecule has 13 heavy (non-hydrogen) atoms. The SMILES string of the molecule is NCCC=Cc1cc(N)ccc1F. The normalized spacial score (nSPS) is 10.9. The summed E-state index contributed by atoms with van der Waals surface area (Å²) in [6.45, 7) is 0.570. The molecule has 0 aliphatic rings. The van der Waals surface area contributed by atoms with Crippen molar-refractivity contribution in [3.05, 3.63) is 35.7 Å². The van der Waals surface area contributed by atoms with Crippen LogP contribution in [-0.2, 0) is 0 Å². The number of hydrogen-bond donors (Lipinski definition) is 2. The molecule has 1 aromatic rings. The molecule has 0 aliphatic carbocycles. The van der Waals surface area contributed by atoms with Gasteiger partial charge in [-0.25, -0.2) is 4.39 Å². The molecule has 0 saturated carbocycles. The number of nitrogens with two attached hydrogens (primary N) is 2. The number of nitrogen functional groups attached to an aromatic ring is 1. The zero-order valence-electron chi connectivity index (χ0n) is 7.33.